The van der Waals surface area contributed by atoms with Crippen LogP contribution in [0.1, 0.15) is 15.9 Å². The summed E-state index contributed by atoms with van der Waals surface area (Å²) in [6.45, 7) is 0.362. The number of nitrogens with one attached hydrogen (secondary N) is 2. The number of aromatic nitrogens is 4. The summed E-state index contributed by atoms with van der Waals surface area (Å²) < 4.78 is 1.85. The minimum absolute atomic E-state index is 0.156. The molecule has 0 bridgehead atoms. The normalized spacial score (nSPS) is 10.9. The number of carbonyl (C=O) groups excluding carboxylic acids is 1. The molecule has 5 aromatic rings. The predicted molar refractivity (Wildman–Crippen MR) is 116 cm³/mol. The molecule has 0 atom stereocenters. The van der Waals surface area contributed by atoms with Gasteiger partial charge < -0.3 is 5.32 Å². The molecule has 0 aliphatic carbocycles. The maximum atomic E-state index is 12.9. The van der Waals surface area contributed by atoms with Gasteiger partial charge in [-0.3, -0.25) is 9.89 Å². The Morgan fingerprint density at radius 2 is 1.70 bits per heavy atom. The van der Waals surface area contributed by atoms with Gasteiger partial charge in [-0.2, -0.15) is 10.2 Å². The van der Waals surface area contributed by atoms with Gasteiger partial charge in [-0.05, 0) is 18.2 Å². The molecule has 6 nitrogen and oxygen atoms in total. The number of hydrogen-bond donors (Lipinski definition) is 2. The fourth-order valence-electron chi connectivity index (χ4n) is 3.52. The summed E-state index contributed by atoms with van der Waals surface area (Å²) in [7, 11) is 0. The van der Waals surface area contributed by atoms with Crippen molar-refractivity contribution in [3.05, 3.63) is 102 Å². The molecule has 0 spiro atoms. The number of amides is 1. The van der Waals surface area contributed by atoms with Crippen LogP contribution in [0.15, 0.2) is 91.3 Å². The number of para-hydroxylation sites is 2. The van der Waals surface area contributed by atoms with Gasteiger partial charge in [0, 0.05) is 29.3 Å². The minimum Gasteiger partial charge on any atom is -0.348 e. The van der Waals surface area contributed by atoms with E-state index in [1.54, 1.807) is 12.3 Å². The van der Waals surface area contributed by atoms with E-state index >= 15 is 0 Å². The summed E-state index contributed by atoms with van der Waals surface area (Å²) in [6.07, 6.45) is 3.68. The first-order valence-corrected chi connectivity index (χ1v) is 9.69. The van der Waals surface area contributed by atoms with Crippen molar-refractivity contribution < 1.29 is 4.79 Å². The molecule has 2 aromatic heterocycles. The van der Waals surface area contributed by atoms with Gasteiger partial charge in [-0.15, -0.1) is 0 Å². The SMILES string of the molecule is O=C(NCc1cn(-c2ccccc2)nc1-c1ccccc1)c1cccc2cn[nH]c12. The van der Waals surface area contributed by atoms with Gasteiger partial charge in [-0.25, -0.2) is 4.68 Å². The lowest BCUT2D eigenvalue weighted by Gasteiger charge is -2.06. The lowest BCUT2D eigenvalue weighted by Crippen LogP contribution is -2.23. The van der Waals surface area contributed by atoms with Crippen molar-refractivity contribution in [1.29, 1.82) is 0 Å². The van der Waals surface area contributed by atoms with E-state index in [4.69, 9.17) is 5.10 Å². The van der Waals surface area contributed by atoms with E-state index in [1.165, 1.54) is 0 Å². The topological polar surface area (TPSA) is 75.6 Å². The second-order valence-electron chi connectivity index (χ2n) is 6.97. The lowest BCUT2D eigenvalue weighted by molar-refractivity contribution is 0.0952. The zero-order chi connectivity index (χ0) is 20.3. The molecule has 0 saturated heterocycles. The molecule has 3 aromatic carbocycles. The van der Waals surface area contributed by atoms with E-state index < -0.39 is 0 Å². The van der Waals surface area contributed by atoms with Crippen LogP contribution in [0, 0.1) is 0 Å². The third-order valence-electron chi connectivity index (χ3n) is 5.02. The van der Waals surface area contributed by atoms with E-state index in [0.717, 1.165) is 33.4 Å². The van der Waals surface area contributed by atoms with Gasteiger partial charge in [0.25, 0.3) is 5.91 Å². The van der Waals surface area contributed by atoms with Crippen molar-refractivity contribution in [1.82, 2.24) is 25.3 Å². The van der Waals surface area contributed by atoms with Crippen molar-refractivity contribution >= 4 is 16.8 Å². The van der Waals surface area contributed by atoms with Crippen LogP contribution in [-0.4, -0.2) is 25.9 Å². The smallest absolute Gasteiger partial charge is 0.253 e. The standard InChI is InChI=1S/C24H19N5O/c30-24(21-13-7-10-18-15-26-27-23(18)21)25-14-19-16-29(20-11-5-2-6-12-20)28-22(19)17-8-3-1-4-9-17/h1-13,15-16H,14H2,(H,25,30)(H,26,27). The van der Waals surface area contributed by atoms with E-state index in [0.29, 0.717) is 12.1 Å². The highest BCUT2D eigenvalue weighted by atomic mass is 16.1. The van der Waals surface area contributed by atoms with Crippen LogP contribution >= 0.6 is 0 Å². The first-order valence-electron chi connectivity index (χ1n) is 9.69. The van der Waals surface area contributed by atoms with Gasteiger partial charge in [0.2, 0.25) is 0 Å². The summed E-state index contributed by atoms with van der Waals surface area (Å²) in [5, 5.41) is 15.7. The predicted octanol–water partition coefficient (Wildman–Crippen LogP) is 4.35. The summed E-state index contributed by atoms with van der Waals surface area (Å²) in [5.74, 6) is -0.156. The number of fused-ring (bicyclic) bond motifs is 1. The summed E-state index contributed by atoms with van der Waals surface area (Å²) in [4.78, 5) is 12.9. The average molecular weight is 393 g/mol. The Morgan fingerprint density at radius 3 is 2.50 bits per heavy atom. The number of aromatic amines is 1. The fourth-order valence-corrected chi connectivity index (χ4v) is 3.52. The molecule has 1 amide bonds. The van der Waals surface area contributed by atoms with Gasteiger partial charge in [0.05, 0.1) is 28.7 Å². The maximum absolute atomic E-state index is 12.9. The van der Waals surface area contributed by atoms with Gasteiger partial charge in [0.15, 0.2) is 0 Å². The first-order chi connectivity index (χ1) is 14.8. The number of rotatable bonds is 5. The van der Waals surface area contributed by atoms with Crippen molar-refractivity contribution in [2.45, 2.75) is 6.54 Å². The summed E-state index contributed by atoms with van der Waals surface area (Å²) >= 11 is 0. The highest BCUT2D eigenvalue weighted by Crippen LogP contribution is 2.24. The largest absolute Gasteiger partial charge is 0.348 e. The van der Waals surface area contributed by atoms with Crippen LogP contribution in [-0.2, 0) is 6.54 Å². The Hall–Kier alpha value is -4.19. The number of nitrogens with zero attached hydrogens (tertiary/aromatic N) is 3. The van der Waals surface area contributed by atoms with Crippen molar-refractivity contribution in [2.75, 3.05) is 0 Å². The molecule has 2 N–H and O–H groups in total. The Labute approximate surface area is 173 Å². The van der Waals surface area contributed by atoms with Gasteiger partial charge in [-0.1, -0.05) is 60.7 Å². The average Bonchev–Trinajstić information content (AvgIpc) is 3.46. The molecule has 6 heteroatoms. The molecule has 0 radical (unpaired) electrons. The number of benzene rings is 3. The van der Waals surface area contributed by atoms with Crippen LogP contribution in [0.4, 0.5) is 0 Å². The zero-order valence-electron chi connectivity index (χ0n) is 16.1. The first kappa shape index (κ1) is 17.9. The lowest BCUT2D eigenvalue weighted by atomic mass is 10.1. The number of hydrogen-bond acceptors (Lipinski definition) is 3. The fraction of sp³-hybridized carbons (Fsp3) is 0.0417. The molecule has 0 aliphatic rings. The Kier molecular flexibility index (Phi) is 4.57. The molecular weight excluding hydrogens is 374 g/mol. The monoisotopic (exact) mass is 393 g/mol. The minimum atomic E-state index is -0.156. The van der Waals surface area contributed by atoms with Gasteiger partial charge >= 0.3 is 0 Å². The number of H-pyrrole nitrogens is 1. The highest BCUT2D eigenvalue weighted by Gasteiger charge is 2.15. The van der Waals surface area contributed by atoms with Crippen LogP contribution in [0.3, 0.4) is 0 Å². The number of carbonyl (C=O) groups is 1. The molecule has 5 rings (SSSR count). The van der Waals surface area contributed by atoms with Crippen LogP contribution in [0.25, 0.3) is 27.8 Å². The van der Waals surface area contributed by atoms with E-state index in [9.17, 15) is 4.79 Å². The van der Waals surface area contributed by atoms with Crippen molar-refractivity contribution in [3.8, 4) is 16.9 Å². The molecular formula is C24H19N5O. The van der Waals surface area contributed by atoms with E-state index in [-0.39, 0.29) is 5.91 Å². The molecule has 30 heavy (non-hydrogen) atoms. The van der Waals surface area contributed by atoms with E-state index in [1.807, 2.05) is 83.7 Å². The quantitative estimate of drug-likeness (QED) is 0.466. The zero-order valence-corrected chi connectivity index (χ0v) is 16.1. The Morgan fingerprint density at radius 1 is 0.933 bits per heavy atom. The van der Waals surface area contributed by atoms with Crippen LogP contribution in [0.2, 0.25) is 0 Å². The van der Waals surface area contributed by atoms with E-state index in [2.05, 4.69) is 15.5 Å². The second kappa shape index (κ2) is 7.67. The van der Waals surface area contributed by atoms with Gasteiger partial charge in [0.1, 0.15) is 0 Å². The maximum Gasteiger partial charge on any atom is 0.253 e. The van der Waals surface area contributed by atoms with Crippen molar-refractivity contribution in [3.63, 3.8) is 0 Å². The van der Waals surface area contributed by atoms with Crippen LogP contribution < -0.4 is 5.32 Å². The third kappa shape index (κ3) is 3.35. The molecule has 0 aliphatic heterocycles. The Bertz CT molecular complexity index is 1310. The molecule has 0 unspecified atom stereocenters. The highest BCUT2D eigenvalue weighted by molar-refractivity contribution is 6.05. The summed E-state index contributed by atoms with van der Waals surface area (Å²) in [6, 6.07) is 25.5. The van der Waals surface area contributed by atoms with Crippen molar-refractivity contribution in [2.24, 2.45) is 0 Å². The molecule has 2 heterocycles. The molecule has 0 saturated carbocycles. The second-order valence-corrected chi connectivity index (χ2v) is 6.97. The molecule has 146 valence electrons. The third-order valence-corrected chi connectivity index (χ3v) is 5.02. The molecule has 0 fully saturated rings. The Balaban J connectivity index is 1.46. The summed E-state index contributed by atoms with van der Waals surface area (Å²) in [5.41, 5.74) is 5.07. The van der Waals surface area contributed by atoms with Crippen LogP contribution in [0.5, 0.6) is 0 Å².